The predicted molar refractivity (Wildman–Crippen MR) is 127 cm³/mol. The van der Waals surface area contributed by atoms with Crippen LogP contribution in [0.5, 0.6) is 11.8 Å². The molecule has 0 amide bonds. The molecule has 2 atom stereocenters. The van der Waals surface area contributed by atoms with Gasteiger partial charge in [0.25, 0.3) is 5.56 Å². The molecule has 0 spiro atoms. The van der Waals surface area contributed by atoms with Gasteiger partial charge in [0.1, 0.15) is 17.6 Å². The molecular weight excluding hydrogens is 436 g/mol. The zero-order valence-electron chi connectivity index (χ0n) is 19.9. The number of rotatable bonds is 7. The van der Waals surface area contributed by atoms with Crippen LogP contribution in [0.3, 0.4) is 0 Å². The molecular formula is C25H28N4O5. The number of carbonyl (C=O) groups is 1. The smallest absolute Gasteiger partial charge is 0.302 e. The number of methoxy groups -OCH3 is 2. The van der Waals surface area contributed by atoms with Gasteiger partial charge in [-0.25, -0.2) is 4.98 Å². The van der Waals surface area contributed by atoms with Gasteiger partial charge in [-0.05, 0) is 23.6 Å². The van der Waals surface area contributed by atoms with E-state index < -0.39 is 0 Å². The molecule has 1 aliphatic carbocycles. The van der Waals surface area contributed by atoms with Crippen LogP contribution in [-0.4, -0.2) is 40.8 Å². The highest BCUT2D eigenvalue weighted by molar-refractivity contribution is 5.68. The lowest BCUT2D eigenvalue weighted by atomic mass is 10.1. The summed E-state index contributed by atoms with van der Waals surface area (Å²) in [6.07, 6.45) is 0.783. The summed E-state index contributed by atoms with van der Waals surface area (Å²) in [5.74, 6) is 0.867. The second-order valence-electron chi connectivity index (χ2n) is 8.06. The third-order valence-corrected chi connectivity index (χ3v) is 5.98. The van der Waals surface area contributed by atoms with Crippen molar-refractivity contribution in [2.45, 2.75) is 38.8 Å². The van der Waals surface area contributed by atoms with Crippen molar-refractivity contribution >= 4 is 11.8 Å². The van der Waals surface area contributed by atoms with Gasteiger partial charge >= 0.3 is 5.97 Å². The van der Waals surface area contributed by atoms with Gasteiger partial charge in [0.15, 0.2) is 0 Å². The number of benzene rings is 1. The Kier molecular flexibility index (Phi) is 6.54. The van der Waals surface area contributed by atoms with E-state index in [2.05, 4.69) is 10.3 Å². The average molecular weight is 465 g/mol. The minimum absolute atomic E-state index is 0.236. The number of fused-ring (bicyclic) bond motifs is 1. The monoisotopic (exact) mass is 464 g/mol. The molecule has 2 heterocycles. The Morgan fingerprint density at radius 3 is 2.59 bits per heavy atom. The van der Waals surface area contributed by atoms with Gasteiger partial charge < -0.3 is 19.5 Å². The maximum Gasteiger partial charge on any atom is 0.302 e. The summed E-state index contributed by atoms with van der Waals surface area (Å²) in [6, 6.07) is 11.0. The number of hydrogen-bond acceptors (Lipinski definition) is 8. The minimum atomic E-state index is -0.389. The number of aryl methyl sites for hydroxylation is 1. The lowest BCUT2D eigenvalue weighted by Crippen LogP contribution is -2.31. The average Bonchev–Trinajstić information content (AvgIpc) is 3.18. The minimum Gasteiger partial charge on any atom is -0.481 e. The van der Waals surface area contributed by atoms with Gasteiger partial charge in [-0.1, -0.05) is 31.2 Å². The highest BCUT2D eigenvalue weighted by Crippen LogP contribution is 2.37. The predicted octanol–water partition coefficient (Wildman–Crippen LogP) is 3.06. The molecule has 9 heteroatoms. The molecule has 34 heavy (non-hydrogen) atoms. The molecule has 1 aromatic carbocycles. The van der Waals surface area contributed by atoms with Crippen molar-refractivity contribution in [3.8, 4) is 23.0 Å². The first-order valence-corrected chi connectivity index (χ1v) is 11.1. The van der Waals surface area contributed by atoms with Crippen LogP contribution in [0.1, 0.15) is 36.7 Å². The fraction of sp³-hybridized carbons (Fsp3) is 0.360. The van der Waals surface area contributed by atoms with Crippen LogP contribution in [0.4, 0.5) is 5.82 Å². The third-order valence-electron chi connectivity index (χ3n) is 5.98. The number of anilines is 1. The van der Waals surface area contributed by atoms with Crippen molar-refractivity contribution in [3.05, 3.63) is 63.6 Å². The molecule has 0 radical (unpaired) electrons. The van der Waals surface area contributed by atoms with Crippen LogP contribution in [0.15, 0.2) is 41.2 Å². The first-order chi connectivity index (χ1) is 16.4. The van der Waals surface area contributed by atoms with Gasteiger partial charge in [0.2, 0.25) is 11.8 Å². The number of pyridine rings is 1. The summed E-state index contributed by atoms with van der Waals surface area (Å²) in [5.41, 5.74) is 3.25. The second kappa shape index (κ2) is 9.54. The first-order valence-electron chi connectivity index (χ1n) is 11.1. The zero-order chi connectivity index (χ0) is 24.4. The molecule has 0 fully saturated rings. The highest BCUT2D eigenvalue weighted by Gasteiger charge is 2.35. The molecule has 178 valence electrons. The van der Waals surface area contributed by atoms with E-state index in [0.29, 0.717) is 35.8 Å². The Balaban J connectivity index is 1.79. The number of nitrogens with zero attached hydrogens (tertiary/aromatic N) is 3. The largest absolute Gasteiger partial charge is 0.481 e. The Morgan fingerprint density at radius 1 is 1.15 bits per heavy atom. The van der Waals surface area contributed by atoms with Gasteiger partial charge in [0, 0.05) is 26.5 Å². The Hall–Kier alpha value is -3.88. The van der Waals surface area contributed by atoms with Crippen LogP contribution < -0.4 is 20.3 Å². The normalized spacial score (nSPS) is 16.6. The molecule has 2 unspecified atom stereocenters. The van der Waals surface area contributed by atoms with Gasteiger partial charge in [0.05, 0.1) is 31.5 Å². The van der Waals surface area contributed by atoms with E-state index in [-0.39, 0.29) is 35.2 Å². The van der Waals surface area contributed by atoms with Crippen molar-refractivity contribution in [2.24, 2.45) is 7.05 Å². The summed E-state index contributed by atoms with van der Waals surface area (Å²) >= 11 is 0. The van der Waals surface area contributed by atoms with E-state index in [9.17, 15) is 9.59 Å². The fourth-order valence-electron chi connectivity index (χ4n) is 4.36. The second-order valence-corrected chi connectivity index (χ2v) is 8.06. The maximum absolute atomic E-state index is 13.4. The van der Waals surface area contributed by atoms with Crippen LogP contribution in [0.25, 0.3) is 11.3 Å². The van der Waals surface area contributed by atoms with E-state index in [1.165, 1.54) is 25.7 Å². The van der Waals surface area contributed by atoms with Crippen LogP contribution >= 0.6 is 0 Å². The van der Waals surface area contributed by atoms with Crippen molar-refractivity contribution in [1.82, 2.24) is 14.5 Å². The lowest BCUT2D eigenvalue weighted by molar-refractivity contribution is -0.146. The summed E-state index contributed by atoms with van der Waals surface area (Å²) in [7, 11) is 4.69. The van der Waals surface area contributed by atoms with Crippen molar-refractivity contribution in [1.29, 1.82) is 0 Å². The number of hydrogen-bond donors (Lipinski definition) is 1. The SMILES string of the molecule is CCc1nc(-c2ccc(OC)nc2OC)c(=O)n(C)c1NC1c2ccccc2CC1OC(C)=O. The number of carbonyl (C=O) groups excluding carboxylic acids is 1. The molecule has 0 bridgehead atoms. The van der Waals surface area contributed by atoms with Gasteiger partial charge in [-0.3, -0.25) is 14.2 Å². The van der Waals surface area contributed by atoms with E-state index in [4.69, 9.17) is 19.2 Å². The van der Waals surface area contributed by atoms with Crippen LogP contribution in [0.2, 0.25) is 0 Å². The molecule has 0 saturated heterocycles. The lowest BCUT2D eigenvalue weighted by Gasteiger charge is -2.25. The van der Waals surface area contributed by atoms with E-state index >= 15 is 0 Å². The van der Waals surface area contributed by atoms with Crippen LogP contribution in [0, 0.1) is 0 Å². The quantitative estimate of drug-likeness (QED) is 0.532. The first kappa shape index (κ1) is 23.3. The number of esters is 1. The highest BCUT2D eigenvalue weighted by atomic mass is 16.5. The number of aromatic nitrogens is 3. The van der Waals surface area contributed by atoms with E-state index in [1.54, 1.807) is 19.2 Å². The topological polar surface area (TPSA) is 105 Å². The van der Waals surface area contributed by atoms with Crippen LogP contribution in [-0.2, 0) is 29.4 Å². The van der Waals surface area contributed by atoms with Crippen molar-refractivity contribution in [3.63, 3.8) is 0 Å². The summed E-state index contributed by atoms with van der Waals surface area (Å²) < 4.78 is 17.7. The maximum atomic E-state index is 13.4. The summed E-state index contributed by atoms with van der Waals surface area (Å²) in [4.78, 5) is 34.2. The van der Waals surface area contributed by atoms with E-state index in [1.807, 2.05) is 31.2 Å². The van der Waals surface area contributed by atoms with Crippen molar-refractivity contribution in [2.75, 3.05) is 19.5 Å². The zero-order valence-corrected chi connectivity index (χ0v) is 19.9. The summed E-state index contributed by atoms with van der Waals surface area (Å²) in [6.45, 7) is 3.37. The third kappa shape index (κ3) is 4.21. The van der Waals surface area contributed by atoms with Crippen molar-refractivity contribution < 1.29 is 19.0 Å². The molecule has 2 aromatic heterocycles. The standard InChI is InChI=1S/C25H28N4O5/c1-6-18-23(28-21-16-10-8-7-9-15(16)13-19(21)34-14(2)30)29(3)25(31)22(26-18)17-11-12-20(32-4)27-24(17)33-5/h7-12,19,21,28H,6,13H2,1-5H3. The molecule has 9 nitrogen and oxygen atoms in total. The molecule has 3 aromatic rings. The molecule has 4 rings (SSSR count). The van der Waals surface area contributed by atoms with Gasteiger partial charge in [-0.2, -0.15) is 4.98 Å². The molecule has 0 aliphatic heterocycles. The van der Waals surface area contributed by atoms with Gasteiger partial charge in [-0.15, -0.1) is 0 Å². The number of ether oxygens (including phenoxy) is 3. The Labute approximate surface area is 197 Å². The van der Waals surface area contributed by atoms with E-state index in [0.717, 1.165) is 11.1 Å². The Morgan fingerprint density at radius 2 is 1.91 bits per heavy atom. The molecule has 1 aliphatic rings. The number of nitrogens with one attached hydrogen (secondary N) is 1. The summed E-state index contributed by atoms with van der Waals surface area (Å²) in [5, 5.41) is 3.46. The fourth-order valence-corrected chi connectivity index (χ4v) is 4.36. The Bertz CT molecular complexity index is 1290. The molecule has 0 saturated carbocycles. The molecule has 1 N–H and O–H groups in total.